The second-order valence-corrected chi connectivity index (χ2v) is 8.35. The number of likely N-dealkylation sites (N-methyl/N-ethyl adjacent to an activating group) is 1. The number of hydrogen-bond donors (Lipinski definition) is 1. The van der Waals surface area contributed by atoms with E-state index in [1.54, 1.807) is 17.6 Å². The molecule has 0 aliphatic carbocycles. The molecule has 1 unspecified atom stereocenters. The molecule has 1 fully saturated rings. The average molecular weight is 420 g/mol. The number of morpholine rings is 1. The highest BCUT2D eigenvalue weighted by Crippen LogP contribution is 2.18. The molecule has 160 valence electrons. The van der Waals surface area contributed by atoms with Crippen LogP contribution in [0.3, 0.4) is 0 Å². The number of furan rings is 1. The van der Waals surface area contributed by atoms with Crippen molar-refractivity contribution in [3.63, 3.8) is 0 Å². The standard InChI is InChI=1S/C21H33N5O2S/c1-18(20-22-9-16-29-20)17-25(2)21(24-8-6-19-5-3-13-28-19)23-7-4-10-26-11-14-27-15-12-26/h3,5,9,13,16,18H,4,6-8,10-12,14-15,17H2,1-2H3,(H,23,24). The van der Waals surface area contributed by atoms with Crippen molar-refractivity contribution < 1.29 is 9.15 Å². The van der Waals surface area contributed by atoms with Crippen LogP contribution in [-0.4, -0.2) is 80.3 Å². The monoisotopic (exact) mass is 419 g/mol. The second-order valence-electron chi connectivity index (χ2n) is 7.42. The Labute approximate surface area is 177 Å². The quantitative estimate of drug-likeness (QED) is 0.363. The van der Waals surface area contributed by atoms with Gasteiger partial charge in [0.1, 0.15) is 5.76 Å². The molecule has 2 aromatic heterocycles. The van der Waals surface area contributed by atoms with Crippen LogP contribution < -0.4 is 5.32 Å². The number of hydrogen-bond acceptors (Lipinski definition) is 6. The Hall–Kier alpha value is -1.90. The number of aliphatic imine (C=N–C) groups is 1. The highest BCUT2D eigenvalue weighted by Gasteiger charge is 2.15. The maximum Gasteiger partial charge on any atom is 0.193 e. The Morgan fingerprint density at radius 3 is 3.00 bits per heavy atom. The number of aromatic nitrogens is 1. The lowest BCUT2D eigenvalue weighted by Gasteiger charge is -2.27. The van der Waals surface area contributed by atoms with Crippen LogP contribution in [0.4, 0.5) is 0 Å². The summed E-state index contributed by atoms with van der Waals surface area (Å²) in [6, 6.07) is 3.94. The molecular formula is C21H33N5O2S. The molecule has 3 heterocycles. The van der Waals surface area contributed by atoms with E-state index in [9.17, 15) is 0 Å². The summed E-state index contributed by atoms with van der Waals surface area (Å²) in [6.45, 7) is 9.54. The van der Waals surface area contributed by atoms with E-state index in [4.69, 9.17) is 14.1 Å². The van der Waals surface area contributed by atoms with Crippen LogP contribution in [0, 0.1) is 0 Å². The number of nitrogens with one attached hydrogen (secondary N) is 1. The summed E-state index contributed by atoms with van der Waals surface area (Å²) >= 11 is 1.71. The van der Waals surface area contributed by atoms with Crippen molar-refractivity contribution >= 4 is 17.3 Å². The van der Waals surface area contributed by atoms with Gasteiger partial charge in [-0.1, -0.05) is 6.92 Å². The molecule has 7 nitrogen and oxygen atoms in total. The number of ether oxygens (including phenoxy) is 1. The van der Waals surface area contributed by atoms with Crippen LogP contribution in [0.25, 0.3) is 0 Å². The molecular weight excluding hydrogens is 386 g/mol. The van der Waals surface area contributed by atoms with Gasteiger partial charge >= 0.3 is 0 Å². The van der Waals surface area contributed by atoms with Gasteiger partial charge in [0.05, 0.1) is 24.5 Å². The fraction of sp³-hybridized carbons (Fsp3) is 0.619. The minimum Gasteiger partial charge on any atom is -0.469 e. The summed E-state index contributed by atoms with van der Waals surface area (Å²) in [4.78, 5) is 14.0. The molecule has 8 heteroatoms. The molecule has 2 aromatic rings. The third-order valence-electron chi connectivity index (χ3n) is 5.01. The summed E-state index contributed by atoms with van der Waals surface area (Å²) in [5, 5.41) is 6.71. The minimum absolute atomic E-state index is 0.366. The van der Waals surface area contributed by atoms with Gasteiger partial charge in [-0.15, -0.1) is 11.3 Å². The first-order valence-corrected chi connectivity index (χ1v) is 11.3. The first-order chi connectivity index (χ1) is 14.2. The summed E-state index contributed by atoms with van der Waals surface area (Å²) in [6.07, 6.45) is 5.49. The van der Waals surface area contributed by atoms with Crippen LogP contribution in [0.1, 0.15) is 30.0 Å². The van der Waals surface area contributed by atoms with Gasteiger partial charge < -0.3 is 19.4 Å². The van der Waals surface area contributed by atoms with Crippen LogP contribution in [-0.2, 0) is 11.2 Å². The fourth-order valence-electron chi connectivity index (χ4n) is 3.42. The Morgan fingerprint density at radius 1 is 1.41 bits per heavy atom. The van der Waals surface area contributed by atoms with E-state index in [2.05, 4.69) is 34.1 Å². The SMILES string of the molecule is CC(CN(C)C(=NCCCN1CCOCC1)NCCc1ccco1)c1nccs1. The van der Waals surface area contributed by atoms with Gasteiger partial charge in [0.2, 0.25) is 0 Å². The van der Waals surface area contributed by atoms with E-state index in [-0.39, 0.29) is 0 Å². The van der Waals surface area contributed by atoms with E-state index >= 15 is 0 Å². The lowest BCUT2D eigenvalue weighted by Crippen LogP contribution is -2.42. The predicted octanol–water partition coefficient (Wildman–Crippen LogP) is 2.68. The third kappa shape index (κ3) is 7.45. The summed E-state index contributed by atoms with van der Waals surface area (Å²) in [5.74, 6) is 2.30. The van der Waals surface area contributed by atoms with Crippen molar-refractivity contribution in [3.8, 4) is 0 Å². The van der Waals surface area contributed by atoms with Crippen molar-refractivity contribution in [3.05, 3.63) is 40.7 Å². The molecule has 0 spiro atoms. The van der Waals surface area contributed by atoms with Crippen LogP contribution >= 0.6 is 11.3 Å². The molecule has 1 atom stereocenters. The van der Waals surface area contributed by atoms with Gasteiger partial charge in [-0.05, 0) is 18.6 Å². The summed E-state index contributed by atoms with van der Waals surface area (Å²) in [7, 11) is 2.10. The van der Waals surface area contributed by atoms with E-state index in [1.807, 2.05) is 23.7 Å². The van der Waals surface area contributed by atoms with Crippen LogP contribution in [0.2, 0.25) is 0 Å². The lowest BCUT2D eigenvalue weighted by molar-refractivity contribution is 0.0377. The van der Waals surface area contributed by atoms with Gasteiger partial charge in [-0.25, -0.2) is 4.98 Å². The van der Waals surface area contributed by atoms with Crippen molar-refractivity contribution in [2.24, 2.45) is 4.99 Å². The molecule has 0 amide bonds. The molecule has 1 aliphatic rings. The maximum atomic E-state index is 5.44. The first kappa shape index (κ1) is 21.8. The average Bonchev–Trinajstić information content (AvgIpc) is 3.44. The van der Waals surface area contributed by atoms with Crippen molar-refractivity contribution in [2.75, 3.05) is 59.5 Å². The molecule has 0 radical (unpaired) electrons. The van der Waals surface area contributed by atoms with Crippen LogP contribution in [0.5, 0.6) is 0 Å². The lowest BCUT2D eigenvalue weighted by atomic mass is 10.2. The molecule has 1 saturated heterocycles. The zero-order valence-corrected chi connectivity index (χ0v) is 18.4. The highest BCUT2D eigenvalue weighted by atomic mass is 32.1. The summed E-state index contributed by atoms with van der Waals surface area (Å²) in [5.41, 5.74) is 0. The number of guanidine groups is 1. The van der Waals surface area contributed by atoms with Gasteiger partial charge in [0.15, 0.2) is 5.96 Å². The molecule has 0 aromatic carbocycles. The van der Waals surface area contributed by atoms with E-state index < -0.39 is 0 Å². The van der Waals surface area contributed by atoms with Gasteiger partial charge in [0.25, 0.3) is 0 Å². The first-order valence-electron chi connectivity index (χ1n) is 10.4. The second kappa shape index (κ2) is 11.9. The molecule has 29 heavy (non-hydrogen) atoms. The van der Waals surface area contributed by atoms with Gasteiger partial charge in [0, 0.05) is 70.2 Å². The van der Waals surface area contributed by atoms with E-state index in [0.29, 0.717) is 5.92 Å². The Bertz CT molecular complexity index is 699. The molecule has 0 saturated carbocycles. The summed E-state index contributed by atoms with van der Waals surface area (Å²) < 4.78 is 10.9. The van der Waals surface area contributed by atoms with E-state index in [0.717, 1.165) is 77.0 Å². The highest BCUT2D eigenvalue weighted by molar-refractivity contribution is 7.09. The predicted molar refractivity (Wildman–Crippen MR) is 118 cm³/mol. The Balaban J connectivity index is 1.50. The van der Waals surface area contributed by atoms with Gasteiger partial charge in [-0.3, -0.25) is 9.89 Å². The van der Waals surface area contributed by atoms with Crippen molar-refractivity contribution in [1.82, 2.24) is 20.1 Å². The maximum absolute atomic E-state index is 5.44. The van der Waals surface area contributed by atoms with Crippen LogP contribution in [0.15, 0.2) is 39.4 Å². The molecule has 0 bridgehead atoms. The minimum atomic E-state index is 0.366. The molecule has 3 rings (SSSR count). The van der Waals surface area contributed by atoms with Crippen molar-refractivity contribution in [1.29, 1.82) is 0 Å². The Kier molecular flexibility index (Phi) is 8.98. The Morgan fingerprint density at radius 2 is 2.28 bits per heavy atom. The normalized spacial score (nSPS) is 16.7. The van der Waals surface area contributed by atoms with E-state index in [1.165, 1.54) is 5.01 Å². The zero-order chi connectivity index (χ0) is 20.3. The number of nitrogens with zero attached hydrogens (tertiary/aromatic N) is 4. The van der Waals surface area contributed by atoms with Crippen molar-refractivity contribution in [2.45, 2.75) is 25.7 Å². The zero-order valence-electron chi connectivity index (χ0n) is 17.5. The largest absolute Gasteiger partial charge is 0.469 e. The van der Waals surface area contributed by atoms with Gasteiger partial charge in [-0.2, -0.15) is 0 Å². The number of thiazole rings is 1. The fourth-order valence-corrected chi connectivity index (χ4v) is 4.11. The molecule has 1 aliphatic heterocycles. The topological polar surface area (TPSA) is 66.1 Å². The smallest absolute Gasteiger partial charge is 0.193 e. The molecule has 1 N–H and O–H groups in total. The third-order valence-corrected chi connectivity index (χ3v) is 6.02. The number of rotatable bonds is 10.